The van der Waals surface area contributed by atoms with Crippen LogP contribution in [0, 0.1) is 0 Å². The molecular formula is C19H21NO3. The predicted molar refractivity (Wildman–Crippen MR) is 90.2 cm³/mol. The third-order valence-corrected chi connectivity index (χ3v) is 3.44. The minimum absolute atomic E-state index is 0.260. The van der Waals surface area contributed by atoms with Crippen LogP contribution in [0.4, 0.5) is 5.69 Å². The van der Waals surface area contributed by atoms with Crippen LogP contribution in [0.15, 0.2) is 54.6 Å². The molecule has 23 heavy (non-hydrogen) atoms. The van der Waals surface area contributed by atoms with E-state index in [-0.39, 0.29) is 24.9 Å². The van der Waals surface area contributed by atoms with Gasteiger partial charge in [0.05, 0.1) is 0 Å². The molecule has 0 atom stereocenters. The van der Waals surface area contributed by atoms with Crippen LogP contribution in [-0.2, 0) is 27.2 Å². The van der Waals surface area contributed by atoms with Crippen molar-refractivity contribution in [1.82, 2.24) is 0 Å². The van der Waals surface area contributed by atoms with Gasteiger partial charge < -0.3 is 10.1 Å². The molecule has 0 radical (unpaired) electrons. The SMILES string of the molecule is CCc1cccc(NC(=O)COC(=O)CCc2ccccc2)c1. The first-order chi connectivity index (χ1) is 11.2. The Bertz CT molecular complexity index is 653. The summed E-state index contributed by atoms with van der Waals surface area (Å²) in [5.41, 5.74) is 2.93. The fourth-order valence-electron chi connectivity index (χ4n) is 2.18. The molecule has 0 bridgehead atoms. The number of hydrogen-bond acceptors (Lipinski definition) is 3. The first kappa shape index (κ1) is 16.7. The Hall–Kier alpha value is -2.62. The highest BCUT2D eigenvalue weighted by molar-refractivity contribution is 5.92. The van der Waals surface area contributed by atoms with Crippen molar-refractivity contribution in [2.45, 2.75) is 26.2 Å². The van der Waals surface area contributed by atoms with E-state index in [2.05, 4.69) is 12.2 Å². The number of ether oxygens (including phenoxy) is 1. The topological polar surface area (TPSA) is 55.4 Å². The largest absolute Gasteiger partial charge is 0.456 e. The van der Waals surface area contributed by atoms with Crippen molar-refractivity contribution in [3.8, 4) is 0 Å². The zero-order chi connectivity index (χ0) is 16.5. The Morgan fingerprint density at radius 2 is 1.74 bits per heavy atom. The van der Waals surface area contributed by atoms with Gasteiger partial charge in [0.2, 0.25) is 0 Å². The summed E-state index contributed by atoms with van der Waals surface area (Å²) >= 11 is 0. The lowest BCUT2D eigenvalue weighted by molar-refractivity contribution is -0.147. The van der Waals surface area contributed by atoms with Crippen LogP contribution >= 0.6 is 0 Å². The van der Waals surface area contributed by atoms with Crippen molar-refractivity contribution < 1.29 is 14.3 Å². The molecule has 120 valence electrons. The van der Waals surface area contributed by atoms with Crippen LogP contribution in [-0.4, -0.2) is 18.5 Å². The van der Waals surface area contributed by atoms with Gasteiger partial charge in [0, 0.05) is 12.1 Å². The lowest BCUT2D eigenvalue weighted by Gasteiger charge is -2.08. The molecule has 1 N–H and O–H groups in total. The summed E-state index contributed by atoms with van der Waals surface area (Å²) in [6, 6.07) is 17.3. The maximum absolute atomic E-state index is 11.8. The Morgan fingerprint density at radius 3 is 2.48 bits per heavy atom. The van der Waals surface area contributed by atoms with Crippen LogP contribution in [0.25, 0.3) is 0 Å². The molecule has 0 aliphatic carbocycles. The molecule has 0 heterocycles. The van der Waals surface area contributed by atoms with Crippen molar-refractivity contribution in [2.75, 3.05) is 11.9 Å². The highest BCUT2D eigenvalue weighted by Crippen LogP contribution is 2.11. The fraction of sp³-hybridized carbons (Fsp3) is 0.263. The highest BCUT2D eigenvalue weighted by atomic mass is 16.5. The Labute approximate surface area is 136 Å². The first-order valence-electron chi connectivity index (χ1n) is 7.75. The molecule has 0 unspecified atom stereocenters. The lowest BCUT2D eigenvalue weighted by atomic mass is 10.1. The smallest absolute Gasteiger partial charge is 0.306 e. The van der Waals surface area contributed by atoms with E-state index in [1.54, 1.807) is 0 Å². The Morgan fingerprint density at radius 1 is 1.00 bits per heavy atom. The molecule has 0 aromatic heterocycles. The monoisotopic (exact) mass is 311 g/mol. The van der Waals surface area contributed by atoms with Crippen molar-refractivity contribution >= 4 is 17.6 Å². The minimum Gasteiger partial charge on any atom is -0.456 e. The number of aryl methyl sites for hydroxylation is 2. The maximum Gasteiger partial charge on any atom is 0.306 e. The van der Waals surface area contributed by atoms with Gasteiger partial charge in [-0.05, 0) is 36.1 Å². The highest BCUT2D eigenvalue weighted by Gasteiger charge is 2.08. The van der Waals surface area contributed by atoms with E-state index in [9.17, 15) is 9.59 Å². The molecule has 4 nitrogen and oxygen atoms in total. The molecule has 0 spiro atoms. The number of carbonyl (C=O) groups excluding carboxylic acids is 2. The zero-order valence-electron chi connectivity index (χ0n) is 13.2. The number of hydrogen-bond donors (Lipinski definition) is 1. The number of benzene rings is 2. The summed E-state index contributed by atoms with van der Waals surface area (Å²) < 4.78 is 5.00. The standard InChI is InChI=1S/C19H21NO3/c1-2-15-9-6-10-17(13-15)20-18(21)14-23-19(22)12-11-16-7-4-3-5-8-16/h3-10,13H,2,11-12,14H2,1H3,(H,20,21). The van der Waals surface area contributed by atoms with Crippen molar-refractivity contribution in [3.05, 3.63) is 65.7 Å². The van der Waals surface area contributed by atoms with Crippen molar-refractivity contribution in [2.24, 2.45) is 0 Å². The van der Waals surface area contributed by atoms with Crippen LogP contribution < -0.4 is 5.32 Å². The molecule has 0 aliphatic heterocycles. The summed E-state index contributed by atoms with van der Waals surface area (Å²) in [6.45, 7) is 1.79. The fourth-order valence-corrected chi connectivity index (χ4v) is 2.18. The van der Waals surface area contributed by atoms with E-state index < -0.39 is 0 Å². The summed E-state index contributed by atoms with van der Waals surface area (Å²) in [7, 11) is 0. The molecule has 0 fully saturated rings. The van der Waals surface area contributed by atoms with Crippen LogP contribution in [0.3, 0.4) is 0 Å². The van der Waals surface area contributed by atoms with Crippen LogP contribution in [0.5, 0.6) is 0 Å². The molecule has 2 aromatic rings. The molecule has 4 heteroatoms. The van der Waals surface area contributed by atoms with Gasteiger partial charge in [0.1, 0.15) is 0 Å². The average Bonchev–Trinajstić information content (AvgIpc) is 2.59. The van der Waals surface area contributed by atoms with Gasteiger partial charge in [-0.25, -0.2) is 0 Å². The van der Waals surface area contributed by atoms with Gasteiger partial charge in [-0.15, -0.1) is 0 Å². The molecule has 2 aromatic carbocycles. The number of anilines is 1. The summed E-state index contributed by atoms with van der Waals surface area (Å²) in [5, 5.41) is 2.73. The quantitative estimate of drug-likeness (QED) is 0.798. The Balaban J connectivity index is 1.72. The number of carbonyl (C=O) groups is 2. The molecule has 1 amide bonds. The van der Waals surface area contributed by atoms with Gasteiger partial charge in [-0.2, -0.15) is 0 Å². The van der Waals surface area contributed by atoms with E-state index in [0.29, 0.717) is 6.42 Å². The molecule has 0 saturated heterocycles. The van der Waals surface area contributed by atoms with Crippen molar-refractivity contribution in [1.29, 1.82) is 0 Å². The maximum atomic E-state index is 11.8. The van der Waals surface area contributed by atoms with Gasteiger partial charge in [0.15, 0.2) is 6.61 Å². The van der Waals surface area contributed by atoms with Gasteiger partial charge >= 0.3 is 5.97 Å². The van der Waals surface area contributed by atoms with Crippen LogP contribution in [0.2, 0.25) is 0 Å². The normalized spacial score (nSPS) is 10.1. The van der Waals surface area contributed by atoms with Gasteiger partial charge in [-0.1, -0.05) is 49.4 Å². The second kappa shape index (κ2) is 8.73. The Kier molecular flexibility index (Phi) is 6.36. The van der Waals surface area contributed by atoms with Crippen LogP contribution in [0.1, 0.15) is 24.5 Å². The second-order valence-electron chi connectivity index (χ2n) is 5.25. The van der Waals surface area contributed by atoms with E-state index in [0.717, 1.165) is 23.2 Å². The third-order valence-electron chi connectivity index (χ3n) is 3.44. The van der Waals surface area contributed by atoms with E-state index in [1.165, 1.54) is 0 Å². The molecular weight excluding hydrogens is 290 g/mol. The van der Waals surface area contributed by atoms with Gasteiger partial charge in [0.25, 0.3) is 5.91 Å². The third kappa shape index (κ3) is 5.94. The molecule has 0 saturated carbocycles. The number of rotatable bonds is 7. The van der Waals surface area contributed by atoms with E-state index >= 15 is 0 Å². The number of nitrogens with one attached hydrogen (secondary N) is 1. The average molecular weight is 311 g/mol. The van der Waals surface area contributed by atoms with Crippen molar-refractivity contribution in [3.63, 3.8) is 0 Å². The first-order valence-corrected chi connectivity index (χ1v) is 7.75. The second-order valence-corrected chi connectivity index (χ2v) is 5.25. The molecule has 0 aliphatic rings. The summed E-state index contributed by atoms with van der Waals surface area (Å²) in [6.07, 6.45) is 1.78. The molecule has 2 rings (SSSR count). The van der Waals surface area contributed by atoms with E-state index in [1.807, 2.05) is 54.6 Å². The lowest BCUT2D eigenvalue weighted by Crippen LogP contribution is -2.21. The minimum atomic E-state index is -0.369. The predicted octanol–water partition coefficient (Wildman–Crippen LogP) is 3.36. The number of esters is 1. The summed E-state index contributed by atoms with van der Waals surface area (Å²) in [5.74, 6) is -0.697. The zero-order valence-corrected chi connectivity index (χ0v) is 13.2. The number of amides is 1. The van der Waals surface area contributed by atoms with Gasteiger partial charge in [-0.3, -0.25) is 9.59 Å². The van der Waals surface area contributed by atoms with E-state index in [4.69, 9.17) is 4.74 Å². The summed E-state index contributed by atoms with van der Waals surface area (Å²) in [4.78, 5) is 23.5.